The molecule has 1 fully saturated rings. The summed E-state index contributed by atoms with van der Waals surface area (Å²) in [4.78, 5) is 28.8. The Kier molecular flexibility index (Phi) is 6.22. The molecule has 3 heterocycles. The number of rotatable bonds is 6. The standard InChI is InChI=1S/C21H24N4O4S2/c1-2-25-18-7-6-17(13-19(18)30-21(25)27)31(28,29)24-11-8-15(9-12-24)20(26)23-14-16-5-3-4-10-22-16/h3-7,10,13,15H,2,8-9,11-12,14H2,1H3,(H,23,26). The lowest BCUT2D eigenvalue weighted by Gasteiger charge is -2.30. The van der Waals surface area contributed by atoms with Crippen molar-refractivity contribution in [1.29, 1.82) is 0 Å². The van der Waals surface area contributed by atoms with Gasteiger partial charge in [-0.05, 0) is 50.1 Å². The fourth-order valence-electron chi connectivity index (χ4n) is 3.84. The molecule has 1 N–H and O–H groups in total. The summed E-state index contributed by atoms with van der Waals surface area (Å²) in [6.45, 7) is 3.36. The molecule has 4 rings (SSSR count). The largest absolute Gasteiger partial charge is 0.350 e. The monoisotopic (exact) mass is 460 g/mol. The van der Waals surface area contributed by atoms with E-state index >= 15 is 0 Å². The number of nitrogens with zero attached hydrogens (tertiary/aromatic N) is 3. The van der Waals surface area contributed by atoms with Gasteiger partial charge in [0.25, 0.3) is 0 Å². The Morgan fingerprint density at radius 1 is 1.23 bits per heavy atom. The molecule has 0 radical (unpaired) electrons. The Balaban J connectivity index is 1.41. The fraction of sp³-hybridized carbons (Fsp3) is 0.381. The SMILES string of the molecule is CCn1c(=O)sc2cc(S(=O)(=O)N3CCC(C(=O)NCc4ccccn4)CC3)ccc21. The smallest absolute Gasteiger partial charge is 0.308 e. The molecule has 1 aliphatic rings. The summed E-state index contributed by atoms with van der Waals surface area (Å²) in [6, 6.07) is 10.4. The minimum absolute atomic E-state index is 0.0743. The van der Waals surface area contributed by atoms with E-state index in [0.717, 1.165) is 22.5 Å². The zero-order valence-electron chi connectivity index (χ0n) is 17.2. The van der Waals surface area contributed by atoms with Gasteiger partial charge in [-0.3, -0.25) is 19.1 Å². The number of benzene rings is 1. The second-order valence-corrected chi connectivity index (χ2v) is 10.4. The molecule has 1 aliphatic heterocycles. The number of carbonyl (C=O) groups is 1. The third kappa shape index (κ3) is 4.41. The van der Waals surface area contributed by atoms with E-state index in [1.54, 1.807) is 29.0 Å². The fourth-order valence-corrected chi connectivity index (χ4v) is 6.40. The number of piperidine rings is 1. The van der Waals surface area contributed by atoms with E-state index in [-0.39, 0.29) is 34.7 Å². The summed E-state index contributed by atoms with van der Waals surface area (Å²) in [7, 11) is -3.68. The number of aryl methyl sites for hydroxylation is 1. The minimum Gasteiger partial charge on any atom is -0.350 e. The lowest BCUT2D eigenvalue weighted by atomic mass is 9.97. The Labute approximate surface area is 184 Å². The molecule has 0 saturated carbocycles. The van der Waals surface area contributed by atoms with Crippen LogP contribution < -0.4 is 10.2 Å². The van der Waals surface area contributed by atoms with Crippen molar-refractivity contribution in [1.82, 2.24) is 19.2 Å². The van der Waals surface area contributed by atoms with Crippen LogP contribution in [0.3, 0.4) is 0 Å². The van der Waals surface area contributed by atoms with E-state index in [9.17, 15) is 18.0 Å². The van der Waals surface area contributed by atoms with Crippen LogP contribution in [0.25, 0.3) is 10.2 Å². The van der Waals surface area contributed by atoms with Crippen molar-refractivity contribution in [3.63, 3.8) is 0 Å². The number of pyridine rings is 1. The van der Waals surface area contributed by atoms with Crippen LogP contribution in [0.1, 0.15) is 25.5 Å². The number of hydrogen-bond donors (Lipinski definition) is 1. The van der Waals surface area contributed by atoms with E-state index in [1.807, 2.05) is 25.1 Å². The number of amides is 1. The first-order valence-electron chi connectivity index (χ1n) is 10.2. The highest BCUT2D eigenvalue weighted by atomic mass is 32.2. The first kappa shape index (κ1) is 21.7. The molecule has 164 valence electrons. The lowest BCUT2D eigenvalue weighted by Crippen LogP contribution is -2.42. The molecular weight excluding hydrogens is 436 g/mol. The maximum atomic E-state index is 13.1. The molecule has 1 saturated heterocycles. The Hall–Kier alpha value is -2.56. The number of fused-ring (bicyclic) bond motifs is 1. The third-order valence-corrected chi connectivity index (χ3v) is 8.42. The average molecular weight is 461 g/mol. The number of thiazole rings is 1. The van der Waals surface area contributed by atoms with Crippen LogP contribution in [0.4, 0.5) is 0 Å². The van der Waals surface area contributed by atoms with Crippen molar-refractivity contribution in [3.05, 3.63) is 58.0 Å². The topological polar surface area (TPSA) is 101 Å². The van der Waals surface area contributed by atoms with Gasteiger partial charge in [0.1, 0.15) is 0 Å². The zero-order chi connectivity index (χ0) is 22.0. The van der Waals surface area contributed by atoms with Gasteiger partial charge in [0.2, 0.25) is 15.9 Å². The second-order valence-electron chi connectivity index (χ2n) is 7.46. The van der Waals surface area contributed by atoms with Crippen molar-refractivity contribution in [2.24, 2.45) is 5.92 Å². The molecular formula is C21H24N4O4S2. The highest BCUT2D eigenvalue weighted by Gasteiger charge is 2.32. The van der Waals surface area contributed by atoms with E-state index in [1.165, 1.54) is 4.31 Å². The summed E-state index contributed by atoms with van der Waals surface area (Å²) in [5.41, 5.74) is 1.53. The molecule has 8 nitrogen and oxygen atoms in total. The first-order valence-corrected chi connectivity index (χ1v) is 12.5. The van der Waals surface area contributed by atoms with Gasteiger partial charge >= 0.3 is 4.87 Å². The molecule has 2 aromatic heterocycles. The molecule has 0 aliphatic carbocycles. The molecule has 0 unspecified atom stereocenters. The highest BCUT2D eigenvalue weighted by molar-refractivity contribution is 7.89. The molecule has 3 aromatic rings. The van der Waals surface area contributed by atoms with E-state index < -0.39 is 10.0 Å². The lowest BCUT2D eigenvalue weighted by molar-refractivity contribution is -0.126. The molecule has 1 aromatic carbocycles. The van der Waals surface area contributed by atoms with Gasteiger partial charge in [-0.25, -0.2) is 8.42 Å². The van der Waals surface area contributed by atoms with Gasteiger partial charge < -0.3 is 5.32 Å². The second kappa shape index (κ2) is 8.89. The van der Waals surface area contributed by atoms with Gasteiger partial charge in [0, 0.05) is 31.7 Å². The highest BCUT2D eigenvalue weighted by Crippen LogP contribution is 2.27. The van der Waals surface area contributed by atoms with Crippen LogP contribution in [-0.2, 0) is 27.9 Å². The van der Waals surface area contributed by atoms with E-state index in [0.29, 0.717) is 30.6 Å². The number of carbonyl (C=O) groups excluding carboxylic acids is 1. The van der Waals surface area contributed by atoms with Gasteiger partial charge in [0.05, 0.1) is 27.4 Å². The Morgan fingerprint density at radius 2 is 2.00 bits per heavy atom. The summed E-state index contributed by atoms with van der Waals surface area (Å²) >= 11 is 1.05. The molecule has 0 spiro atoms. The maximum absolute atomic E-state index is 13.1. The molecule has 31 heavy (non-hydrogen) atoms. The summed E-state index contributed by atoms with van der Waals surface area (Å²) < 4.78 is 30.0. The number of nitrogens with one attached hydrogen (secondary N) is 1. The zero-order valence-corrected chi connectivity index (χ0v) is 18.8. The number of hydrogen-bond acceptors (Lipinski definition) is 6. The molecule has 0 atom stereocenters. The van der Waals surface area contributed by atoms with Gasteiger partial charge in [-0.1, -0.05) is 17.4 Å². The van der Waals surface area contributed by atoms with Crippen LogP contribution in [0.2, 0.25) is 0 Å². The van der Waals surface area contributed by atoms with Crippen molar-refractivity contribution < 1.29 is 13.2 Å². The first-order chi connectivity index (χ1) is 14.9. The predicted molar refractivity (Wildman–Crippen MR) is 119 cm³/mol. The maximum Gasteiger partial charge on any atom is 0.308 e. The van der Waals surface area contributed by atoms with Gasteiger partial charge in [0.15, 0.2) is 0 Å². The quantitative estimate of drug-likeness (QED) is 0.608. The average Bonchev–Trinajstić information content (AvgIpc) is 3.12. The summed E-state index contributed by atoms with van der Waals surface area (Å²) in [5.74, 6) is -0.295. The van der Waals surface area contributed by atoms with E-state index in [2.05, 4.69) is 10.3 Å². The van der Waals surface area contributed by atoms with Gasteiger partial charge in [-0.2, -0.15) is 4.31 Å². The Bertz CT molecular complexity index is 1240. The van der Waals surface area contributed by atoms with Crippen molar-refractivity contribution in [2.75, 3.05) is 13.1 Å². The van der Waals surface area contributed by atoms with Gasteiger partial charge in [-0.15, -0.1) is 0 Å². The van der Waals surface area contributed by atoms with Crippen molar-refractivity contribution >= 4 is 37.5 Å². The van der Waals surface area contributed by atoms with Crippen LogP contribution >= 0.6 is 11.3 Å². The summed E-state index contributed by atoms with van der Waals surface area (Å²) in [5, 5.41) is 2.89. The van der Waals surface area contributed by atoms with Crippen LogP contribution in [0.15, 0.2) is 52.3 Å². The molecule has 1 amide bonds. The van der Waals surface area contributed by atoms with Crippen molar-refractivity contribution in [3.8, 4) is 0 Å². The molecule has 0 bridgehead atoms. The predicted octanol–water partition coefficient (Wildman–Crippen LogP) is 2.19. The number of sulfonamides is 1. The molecule has 10 heteroatoms. The Morgan fingerprint density at radius 3 is 2.68 bits per heavy atom. The third-order valence-electron chi connectivity index (χ3n) is 5.59. The number of aromatic nitrogens is 2. The van der Waals surface area contributed by atoms with Crippen LogP contribution in [-0.4, -0.2) is 41.3 Å². The van der Waals surface area contributed by atoms with Crippen LogP contribution in [0.5, 0.6) is 0 Å². The normalized spacial score (nSPS) is 15.9. The van der Waals surface area contributed by atoms with Crippen LogP contribution in [0, 0.1) is 5.92 Å². The summed E-state index contributed by atoms with van der Waals surface area (Å²) in [6.07, 6.45) is 2.61. The minimum atomic E-state index is -3.68. The van der Waals surface area contributed by atoms with E-state index in [4.69, 9.17) is 0 Å². The van der Waals surface area contributed by atoms with Crippen molar-refractivity contribution in [2.45, 2.75) is 37.8 Å².